The van der Waals surface area contributed by atoms with Gasteiger partial charge in [0.25, 0.3) is 0 Å². The summed E-state index contributed by atoms with van der Waals surface area (Å²) < 4.78 is 85.5. The maximum atomic E-state index is 14.0. The van der Waals surface area contributed by atoms with Gasteiger partial charge in [0.15, 0.2) is 11.5 Å². The zero-order valence-corrected chi connectivity index (χ0v) is 30.2. The molecule has 0 unspecified atom stereocenters. The number of sulfonamides is 2. The van der Waals surface area contributed by atoms with E-state index < -0.39 is 53.0 Å². The molecule has 0 amide bonds. The molecule has 0 heterocycles. The zero-order valence-electron chi connectivity index (χ0n) is 25.6. The van der Waals surface area contributed by atoms with Gasteiger partial charge in [-0.05, 0) is 70.8 Å². The number of phenolic OH excluding ortho intramolecular Hbond substituents is 2. The Morgan fingerprint density at radius 2 is 0.840 bits per heavy atom. The quantitative estimate of drug-likeness (QED) is 0.130. The van der Waals surface area contributed by atoms with E-state index >= 15 is 0 Å². The maximum Gasteiger partial charge on any atom is 0.247 e. The van der Waals surface area contributed by atoms with Crippen molar-refractivity contribution < 1.29 is 35.8 Å². The fourth-order valence-electron chi connectivity index (χ4n) is 5.03. The van der Waals surface area contributed by atoms with E-state index in [0.717, 1.165) is 20.7 Å². The van der Waals surface area contributed by atoms with Crippen LogP contribution in [0.4, 0.5) is 8.78 Å². The van der Waals surface area contributed by atoms with Crippen molar-refractivity contribution in [1.82, 2.24) is 8.61 Å². The standard InChI is InChI=1S/C34H26Cl4F2N2O6S2/c35-25-13-29(37)33(43)31(15-25)49(45,46)41(17-21-4-8-27(39)9-5-21)19-23-2-1-3-24(12-23)20-42(18-22-6-10-28(40)11-7-22)50(47,48)32-16-26(36)14-30(38)34(32)44/h1-16,43-44H,17-20H2. The molecule has 0 spiro atoms. The van der Waals surface area contributed by atoms with Gasteiger partial charge >= 0.3 is 0 Å². The largest absolute Gasteiger partial charge is 0.505 e. The van der Waals surface area contributed by atoms with E-state index in [2.05, 4.69) is 0 Å². The molecule has 5 aromatic carbocycles. The molecule has 0 fully saturated rings. The fraction of sp³-hybridized carbons (Fsp3) is 0.118. The van der Waals surface area contributed by atoms with Crippen molar-refractivity contribution in [2.75, 3.05) is 0 Å². The van der Waals surface area contributed by atoms with Gasteiger partial charge in [-0.3, -0.25) is 0 Å². The summed E-state index contributed by atoms with van der Waals surface area (Å²) >= 11 is 24.3. The van der Waals surface area contributed by atoms with Crippen LogP contribution >= 0.6 is 46.4 Å². The second-order valence-corrected chi connectivity index (χ2v) is 16.6. The number of hydrogen-bond acceptors (Lipinski definition) is 6. The highest BCUT2D eigenvalue weighted by Crippen LogP contribution is 2.38. The highest BCUT2D eigenvalue weighted by Gasteiger charge is 2.31. The fourth-order valence-corrected chi connectivity index (χ4v) is 9.35. The molecule has 5 aromatic rings. The summed E-state index contributed by atoms with van der Waals surface area (Å²) in [6.45, 7) is -1.08. The molecule has 0 aromatic heterocycles. The lowest BCUT2D eigenvalue weighted by Crippen LogP contribution is -2.31. The maximum absolute atomic E-state index is 14.0. The average molecular weight is 803 g/mol. The minimum atomic E-state index is -4.50. The molecule has 262 valence electrons. The molecule has 0 saturated heterocycles. The first-order valence-corrected chi connectivity index (χ1v) is 18.9. The van der Waals surface area contributed by atoms with Crippen LogP contribution in [-0.2, 0) is 46.2 Å². The number of phenols is 2. The van der Waals surface area contributed by atoms with E-state index in [4.69, 9.17) is 46.4 Å². The van der Waals surface area contributed by atoms with E-state index in [1.165, 1.54) is 60.7 Å². The SMILES string of the molecule is O=S(=O)(c1cc(Cl)cc(Cl)c1O)N(Cc1ccc(F)cc1)Cc1cccc(CN(Cc2ccc(F)cc2)S(=O)(=O)c2cc(Cl)cc(Cl)c2O)c1. The molecule has 5 rings (SSSR count). The molecular weight excluding hydrogens is 776 g/mol. The molecule has 0 bridgehead atoms. The van der Waals surface area contributed by atoms with Gasteiger partial charge in [-0.15, -0.1) is 0 Å². The predicted molar refractivity (Wildman–Crippen MR) is 188 cm³/mol. The van der Waals surface area contributed by atoms with Gasteiger partial charge in [-0.2, -0.15) is 8.61 Å². The molecule has 16 heteroatoms. The van der Waals surface area contributed by atoms with Crippen LogP contribution in [0.25, 0.3) is 0 Å². The van der Waals surface area contributed by atoms with Crippen molar-refractivity contribution in [2.45, 2.75) is 36.0 Å². The Morgan fingerprint density at radius 3 is 1.20 bits per heavy atom. The first-order chi connectivity index (χ1) is 23.5. The van der Waals surface area contributed by atoms with Crippen LogP contribution in [0, 0.1) is 11.6 Å². The lowest BCUT2D eigenvalue weighted by atomic mass is 10.1. The minimum Gasteiger partial charge on any atom is -0.505 e. The highest BCUT2D eigenvalue weighted by atomic mass is 35.5. The summed E-state index contributed by atoms with van der Waals surface area (Å²) in [7, 11) is -9.01. The first-order valence-electron chi connectivity index (χ1n) is 14.5. The second kappa shape index (κ2) is 15.4. The Balaban J connectivity index is 1.53. The summed E-state index contributed by atoms with van der Waals surface area (Å²) in [4.78, 5) is -1.10. The van der Waals surface area contributed by atoms with Crippen LogP contribution in [0.3, 0.4) is 0 Å². The van der Waals surface area contributed by atoms with Crippen molar-refractivity contribution in [3.63, 3.8) is 0 Å². The Hall–Kier alpha value is -3.46. The van der Waals surface area contributed by atoms with Crippen molar-refractivity contribution >= 4 is 66.5 Å². The molecule has 0 radical (unpaired) electrons. The van der Waals surface area contributed by atoms with Crippen molar-refractivity contribution in [1.29, 1.82) is 0 Å². The van der Waals surface area contributed by atoms with E-state index in [1.54, 1.807) is 24.3 Å². The Bertz CT molecular complexity index is 2110. The van der Waals surface area contributed by atoms with Gasteiger partial charge in [0.2, 0.25) is 20.0 Å². The zero-order chi connectivity index (χ0) is 36.4. The average Bonchev–Trinajstić information content (AvgIpc) is 3.05. The van der Waals surface area contributed by atoms with Crippen LogP contribution in [0.5, 0.6) is 11.5 Å². The molecule has 0 atom stereocenters. The number of benzene rings is 5. The second-order valence-electron chi connectivity index (χ2n) is 11.1. The van der Waals surface area contributed by atoms with E-state index in [9.17, 15) is 35.8 Å². The number of hydrogen-bond donors (Lipinski definition) is 2. The van der Waals surface area contributed by atoms with Gasteiger partial charge in [-0.25, -0.2) is 25.6 Å². The summed E-state index contributed by atoms with van der Waals surface area (Å²) in [5, 5.41) is 20.6. The number of aromatic hydroxyl groups is 2. The van der Waals surface area contributed by atoms with Crippen LogP contribution in [0.15, 0.2) is 107 Å². The number of halogens is 6. The number of nitrogens with zero attached hydrogens (tertiary/aromatic N) is 2. The predicted octanol–water partition coefficient (Wildman–Crippen LogP) is 8.77. The van der Waals surface area contributed by atoms with Gasteiger partial charge in [0.05, 0.1) is 10.0 Å². The van der Waals surface area contributed by atoms with Crippen LogP contribution in [-0.4, -0.2) is 35.7 Å². The monoisotopic (exact) mass is 800 g/mol. The lowest BCUT2D eigenvalue weighted by molar-refractivity contribution is 0.390. The normalized spacial score (nSPS) is 12.2. The van der Waals surface area contributed by atoms with Crippen molar-refractivity contribution in [3.05, 3.63) is 151 Å². The molecular formula is C34H26Cl4F2N2O6S2. The summed E-state index contributed by atoms with van der Waals surface area (Å²) in [6, 6.07) is 21.2. The smallest absolute Gasteiger partial charge is 0.247 e. The first kappa shape index (κ1) is 37.8. The third kappa shape index (κ3) is 8.70. The van der Waals surface area contributed by atoms with Crippen LogP contribution in [0.1, 0.15) is 22.3 Å². The minimum absolute atomic E-state index is 0.0374. The molecule has 0 aliphatic heterocycles. The molecule has 2 N–H and O–H groups in total. The van der Waals surface area contributed by atoms with Gasteiger partial charge in [0, 0.05) is 36.2 Å². The van der Waals surface area contributed by atoms with Gasteiger partial charge in [-0.1, -0.05) is 94.9 Å². The molecule has 50 heavy (non-hydrogen) atoms. The summed E-state index contributed by atoms with van der Waals surface area (Å²) in [5.74, 6) is -2.47. The molecule has 8 nitrogen and oxygen atoms in total. The lowest BCUT2D eigenvalue weighted by Gasteiger charge is -2.25. The van der Waals surface area contributed by atoms with Gasteiger partial charge < -0.3 is 10.2 Å². The van der Waals surface area contributed by atoms with E-state index in [1.807, 2.05) is 0 Å². The molecule has 0 saturated carbocycles. The highest BCUT2D eigenvalue weighted by molar-refractivity contribution is 7.89. The van der Waals surface area contributed by atoms with E-state index in [0.29, 0.717) is 22.3 Å². The Labute approximate surface area is 307 Å². The Kier molecular flexibility index (Phi) is 11.7. The van der Waals surface area contributed by atoms with Crippen LogP contribution < -0.4 is 0 Å². The molecule has 0 aliphatic carbocycles. The van der Waals surface area contributed by atoms with E-state index in [-0.39, 0.29) is 46.3 Å². The third-order valence-corrected chi connectivity index (χ3v) is 12.1. The third-order valence-electron chi connectivity index (χ3n) is 7.48. The van der Waals surface area contributed by atoms with Crippen molar-refractivity contribution in [2.24, 2.45) is 0 Å². The van der Waals surface area contributed by atoms with Crippen molar-refractivity contribution in [3.8, 4) is 11.5 Å². The topological polar surface area (TPSA) is 115 Å². The van der Waals surface area contributed by atoms with Gasteiger partial charge in [0.1, 0.15) is 21.4 Å². The Morgan fingerprint density at radius 1 is 0.500 bits per heavy atom. The number of rotatable bonds is 12. The van der Waals surface area contributed by atoms with Crippen LogP contribution in [0.2, 0.25) is 20.1 Å². The molecule has 0 aliphatic rings. The summed E-state index contributed by atoms with van der Waals surface area (Å²) in [5.41, 5.74) is 1.67. The summed E-state index contributed by atoms with van der Waals surface area (Å²) in [6.07, 6.45) is 0.